The molecule has 1 N–H and O–H groups in total. The van der Waals surface area contributed by atoms with Gasteiger partial charge in [-0.1, -0.05) is 6.07 Å². The van der Waals surface area contributed by atoms with Crippen molar-refractivity contribution in [1.29, 1.82) is 0 Å². The highest BCUT2D eigenvalue weighted by atomic mass is 32.1. The molecular formula is C29H32N2O6S. The molecule has 0 bridgehead atoms. The number of thiophene rings is 1. The first-order valence-corrected chi connectivity index (χ1v) is 13.3. The average molecular weight is 537 g/mol. The number of rotatable bonds is 10. The molecule has 0 atom stereocenters. The number of hydrogen-bond donors (Lipinski definition) is 1. The molecule has 8 nitrogen and oxygen atoms in total. The smallest absolute Gasteiger partial charge is 0.341 e. The first-order chi connectivity index (χ1) is 18.4. The van der Waals surface area contributed by atoms with Crippen molar-refractivity contribution in [1.82, 2.24) is 4.57 Å². The van der Waals surface area contributed by atoms with Crippen LogP contribution in [0.25, 0.3) is 22.0 Å². The number of ether oxygens (including phenoxy) is 4. The van der Waals surface area contributed by atoms with Gasteiger partial charge >= 0.3 is 5.97 Å². The van der Waals surface area contributed by atoms with Crippen LogP contribution in [-0.2, 0) is 11.3 Å². The van der Waals surface area contributed by atoms with Crippen molar-refractivity contribution in [3.8, 4) is 28.4 Å². The standard InChI is InChI=1S/C29H32N2O6S/c1-7-31-22-12-11-19(36-8-2)15-20(22)17(4)26(31)27(32)30-28-25(29(33)37-9-3)21(16-38-28)18-10-13-23(34-5)24(14-18)35-6/h10-16H,7-9H2,1-6H3,(H,30,32). The van der Waals surface area contributed by atoms with Crippen LogP contribution in [-0.4, -0.2) is 43.9 Å². The van der Waals surface area contributed by atoms with Crippen molar-refractivity contribution < 1.29 is 28.5 Å². The monoisotopic (exact) mass is 536 g/mol. The number of methoxy groups -OCH3 is 2. The number of hydrogen-bond acceptors (Lipinski definition) is 7. The van der Waals surface area contributed by atoms with Crippen molar-refractivity contribution in [2.45, 2.75) is 34.2 Å². The van der Waals surface area contributed by atoms with Crippen molar-refractivity contribution in [2.75, 3.05) is 32.8 Å². The lowest BCUT2D eigenvalue weighted by molar-refractivity contribution is 0.0529. The number of aromatic nitrogens is 1. The van der Waals surface area contributed by atoms with Crippen molar-refractivity contribution in [3.05, 3.63) is 58.6 Å². The van der Waals surface area contributed by atoms with Crippen LogP contribution in [0.3, 0.4) is 0 Å². The maximum atomic E-state index is 13.7. The average Bonchev–Trinajstić information content (AvgIpc) is 3.46. The summed E-state index contributed by atoms with van der Waals surface area (Å²) >= 11 is 1.27. The number of carbonyl (C=O) groups is 2. The van der Waals surface area contributed by atoms with Gasteiger partial charge in [-0.3, -0.25) is 4.79 Å². The Morgan fingerprint density at radius 3 is 2.39 bits per heavy atom. The quantitative estimate of drug-likeness (QED) is 0.232. The van der Waals surface area contributed by atoms with Crippen molar-refractivity contribution in [3.63, 3.8) is 0 Å². The molecule has 0 spiro atoms. The van der Waals surface area contributed by atoms with Gasteiger partial charge in [0.15, 0.2) is 11.5 Å². The van der Waals surface area contributed by atoms with E-state index >= 15 is 0 Å². The van der Waals surface area contributed by atoms with Gasteiger partial charge in [-0.15, -0.1) is 11.3 Å². The van der Waals surface area contributed by atoms with E-state index in [-0.39, 0.29) is 12.5 Å². The summed E-state index contributed by atoms with van der Waals surface area (Å²) in [6, 6.07) is 11.3. The van der Waals surface area contributed by atoms with Crippen LogP contribution in [0, 0.1) is 6.92 Å². The Kier molecular flexibility index (Phi) is 8.26. The Labute approximate surface area is 226 Å². The van der Waals surface area contributed by atoms with Crippen LogP contribution in [0.5, 0.6) is 17.2 Å². The molecule has 0 fully saturated rings. The van der Waals surface area contributed by atoms with Gasteiger partial charge < -0.3 is 28.8 Å². The normalized spacial score (nSPS) is 10.9. The summed E-state index contributed by atoms with van der Waals surface area (Å²) in [5, 5.41) is 6.19. The maximum Gasteiger partial charge on any atom is 0.341 e. The lowest BCUT2D eigenvalue weighted by Crippen LogP contribution is -2.19. The molecule has 4 rings (SSSR count). The minimum atomic E-state index is -0.511. The topological polar surface area (TPSA) is 88.0 Å². The Morgan fingerprint density at radius 2 is 1.74 bits per heavy atom. The van der Waals surface area contributed by atoms with E-state index in [2.05, 4.69) is 5.32 Å². The summed E-state index contributed by atoms with van der Waals surface area (Å²) in [4.78, 5) is 26.8. The second-order valence-corrected chi connectivity index (χ2v) is 9.31. The van der Waals surface area contributed by atoms with E-state index in [1.807, 2.05) is 55.0 Å². The Morgan fingerprint density at radius 1 is 0.974 bits per heavy atom. The molecule has 0 radical (unpaired) electrons. The lowest BCUT2D eigenvalue weighted by Gasteiger charge is -2.12. The van der Waals surface area contributed by atoms with Gasteiger partial charge in [-0.25, -0.2) is 4.79 Å². The molecule has 38 heavy (non-hydrogen) atoms. The molecule has 4 aromatic rings. The summed E-state index contributed by atoms with van der Waals surface area (Å²) in [5.74, 6) is 1.05. The molecule has 0 aliphatic heterocycles. The van der Waals surface area contributed by atoms with Crippen LogP contribution in [0.1, 0.15) is 47.2 Å². The maximum absolute atomic E-state index is 13.7. The van der Waals surface area contributed by atoms with Gasteiger partial charge in [0.2, 0.25) is 0 Å². The molecule has 0 unspecified atom stereocenters. The molecule has 9 heteroatoms. The summed E-state index contributed by atoms with van der Waals surface area (Å²) in [5.41, 5.74) is 4.00. The molecule has 0 aliphatic carbocycles. The van der Waals surface area contributed by atoms with E-state index in [9.17, 15) is 9.59 Å². The Bertz CT molecular complexity index is 1490. The second kappa shape index (κ2) is 11.6. The zero-order valence-corrected chi connectivity index (χ0v) is 23.3. The summed E-state index contributed by atoms with van der Waals surface area (Å²) in [7, 11) is 3.12. The fraction of sp³-hybridized carbons (Fsp3) is 0.310. The SMILES string of the molecule is CCOC(=O)c1c(-c2ccc(OC)c(OC)c2)csc1NC(=O)c1c(C)c2cc(OCC)ccc2n1CC. The second-order valence-electron chi connectivity index (χ2n) is 8.43. The van der Waals surface area contributed by atoms with Gasteiger partial charge in [0.05, 0.1) is 27.4 Å². The minimum Gasteiger partial charge on any atom is -0.494 e. The third kappa shape index (κ3) is 4.93. The van der Waals surface area contributed by atoms with Gasteiger partial charge in [-0.05, 0) is 69.2 Å². The summed E-state index contributed by atoms with van der Waals surface area (Å²) in [6.07, 6.45) is 0. The molecule has 0 saturated carbocycles. The number of benzene rings is 2. The van der Waals surface area contributed by atoms with Gasteiger partial charge in [-0.2, -0.15) is 0 Å². The number of carbonyl (C=O) groups excluding carboxylic acids is 2. The van der Waals surface area contributed by atoms with Crippen LogP contribution >= 0.6 is 11.3 Å². The molecule has 1 amide bonds. The van der Waals surface area contributed by atoms with E-state index in [0.717, 1.165) is 27.8 Å². The highest BCUT2D eigenvalue weighted by molar-refractivity contribution is 7.15. The first kappa shape index (κ1) is 27.1. The third-order valence-electron chi connectivity index (χ3n) is 6.32. The zero-order valence-electron chi connectivity index (χ0n) is 22.5. The number of nitrogens with zero attached hydrogens (tertiary/aromatic N) is 1. The van der Waals surface area contributed by atoms with E-state index in [1.54, 1.807) is 33.3 Å². The van der Waals surface area contributed by atoms with Gasteiger partial charge in [0, 0.05) is 28.4 Å². The molecular weight excluding hydrogens is 504 g/mol. The fourth-order valence-electron chi connectivity index (χ4n) is 4.61. The van der Waals surface area contributed by atoms with Crippen molar-refractivity contribution in [2.24, 2.45) is 0 Å². The number of fused-ring (bicyclic) bond motifs is 1. The van der Waals surface area contributed by atoms with Crippen LogP contribution in [0.4, 0.5) is 5.00 Å². The van der Waals surface area contributed by atoms with E-state index in [1.165, 1.54) is 11.3 Å². The van der Waals surface area contributed by atoms with Crippen molar-refractivity contribution >= 4 is 39.1 Å². The van der Waals surface area contributed by atoms with Crippen LogP contribution < -0.4 is 19.5 Å². The number of amides is 1. The lowest BCUT2D eigenvalue weighted by atomic mass is 10.0. The number of esters is 1. The third-order valence-corrected chi connectivity index (χ3v) is 7.22. The van der Waals surface area contributed by atoms with E-state index in [0.29, 0.717) is 46.5 Å². The van der Waals surface area contributed by atoms with E-state index in [4.69, 9.17) is 18.9 Å². The molecule has 200 valence electrons. The van der Waals surface area contributed by atoms with Crippen LogP contribution in [0.15, 0.2) is 41.8 Å². The Hall–Kier alpha value is -3.98. The minimum absolute atomic E-state index is 0.207. The summed E-state index contributed by atoms with van der Waals surface area (Å²) < 4.78 is 23.8. The molecule has 2 aromatic carbocycles. The molecule has 2 heterocycles. The predicted molar refractivity (Wildman–Crippen MR) is 150 cm³/mol. The highest BCUT2D eigenvalue weighted by Crippen LogP contribution is 2.40. The summed E-state index contributed by atoms with van der Waals surface area (Å²) in [6.45, 7) is 8.98. The Balaban J connectivity index is 1.78. The largest absolute Gasteiger partial charge is 0.494 e. The van der Waals surface area contributed by atoms with E-state index < -0.39 is 5.97 Å². The molecule has 2 aromatic heterocycles. The van der Waals surface area contributed by atoms with Crippen LogP contribution in [0.2, 0.25) is 0 Å². The zero-order chi connectivity index (χ0) is 27.4. The predicted octanol–water partition coefficient (Wildman–Crippen LogP) is 6.54. The fourth-order valence-corrected chi connectivity index (χ4v) is 5.57. The first-order valence-electron chi connectivity index (χ1n) is 12.5. The van der Waals surface area contributed by atoms with Gasteiger partial charge in [0.25, 0.3) is 5.91 Å². The number of aryl methyl sites for hydroxylation is 2. The number of nitrogens with one attached hydrogen (secondary N) is 1. The number of anilines is 1. The molecule has 0 saturated heterocycles. The van der Waals surface area contributed by atoms with Gasteiger partial charge in [0.1, 0.15) is 22.0 Å². The molecule has 0 aliphatic rings. The highest BCUT2D eigenvalue weighted by Gasteiger charge is 2.26.